The van der Waals surface area contributed by atoms with Gasteiger partial charge in [-0.25, -0.2) is 0 Å². The molecule has 0 saturated heterocycles. The first-order valence-electron chi connectivity index (χ1n) is 11.0. The molecular weight excluding hydrogens is 366 g/mol. The van der Waals surface area contributed by atoms with Crippen molar-refractivity contribution in [2.45, 2.75) is 32.0 Å². The minimum atomic E-state index is 0.557. The molecule has 3 aromatic carbocycles. The Morgan fingerprint density at radius 3 is 2.40 bits per heavy atom. The minimum absolute atomic E-state index is 0.557. The normalized spacial score (nSPS) is 16.3. The molecule has 3 heteroatoms. The van der Waals surface area contributed by atoms with Gasteiger partial charge in [0.15, 0.2) is 0 Å². The second-order valence-electron chi connectivity index (χ2n) is 8.53. The van der Waals surface area contributed by atoms with Gasteiger partial charge in [0.2, 0.25) is 0 Å². The Labute approximate surface area is 181 Å². The van der Waals surface area contributed by atoms with E-state index in [0.29, 0.717) is 6.04 Å². The van der Waals surface area contributed by atoms with Crippen LogP contribution in [0.15, 0.2) is 78.9 Å². The van der Waals surface area contributed by atoms with Crippen molar-refractivity contribution in [3.63, 3.8) is 0 Å². The van der Waals surface area contributed by atoms with E-state index in [0.717, 1.165) is 39.0 Å². The van der Waals surface area contributed by atoms with E-state index in [9.17, 15) is 0 Å². The number of nitrogens with zero attached hydrogens (tertiary/aromatic N) is 2. The Balaban J connectivity index is 1.37. The lowest BCUT2D eigenvalue weighted by molar-refractivity contribution is 0.170. The lowest BCUT2D eigenvalue weighted by atomic mass is 9.90. The summed E-state index contributed by atoms with van der Waals surface area (Å²) in [5.41, 5.74) is 7.03. The fraction of sp³-hybridized carbons (Fsp3) is 0.333. The lowest BCUT2D eigenvalue weighted by Gasteiger charge is -2.37. The van der Waals surface area contributed by atoms with Gasteiger partial charge in [0, 0.05) is 52.0 Å². The molecule has 1 aliphatic heterocycles. The van der Waals surface area contributed by atoms with E-state index in [1.54, 1.807) is 0 Å². The molecule has 1 atom stereocenters. The summed E-state index contributed by atoms with van der Waals surface area (Å²) in [6, 6.07) is 29.2. The van der Waals surface area contributed by atoms with Crippen LogP contribution in [0.25, 0.3) is 0 Å². The second-order valence-corrected chi connectivity index (χ2v) is 8.53. The van der Waals surface area contributed by atoms with Crippen molar-refractivity contribution >= 4 is 5.69 Å². The summed E-state index contributed by atoms with van der Waals surface area (Å²) in [5, 5.41) is 3.66. The van der Waals surface area contributed by atoms with Crippen LogP contribution in [-0.4, -0.2) is 38.1 Å². The Kier molecular flexibility index (Phi) is 6.83. The van der Waals surface area contributed by atoms with Gasteiger partial charge in [-0.1, -0.05) is 66.7 Å². The fourth-order valence-corrected chi connectivity index (χ4v) is 4.39. The molecule has 0 saturated carbocycles. The number of hydrogen-bond acceptors (Lipinski definition) is 3. The average molecular weight is 400 g/mol. The van der Waals surface area contributed by atoms with Crippen LogP contribution < -0.4 is 10.2 Å². The molecule has 0 aromatic heterocycles. The van der Waals surface area contributed by atoms with Crippen molar-refractivity contribution in [1.29, 1.82) is 0 Å². The van der Waals surface area contributed by atoms with Crippen molar-refractivity contribution in [1.82, 2.24) is 10.2 Å². The number of fused-ring (bicyclic) bond motifs is 1. The van der Waals surface area contributed by atoms with Gasteiger partial charge in [-0.2, -0.15) is 0 Å². The van der Waals surface area contributed by atoms with Gasteiger partial charge >= 0.3 is 0 Å². The highest BCUT2D eigenvalue weighted by molar-refractivity contribution is 5.47. The van der Waals surface area contributed by atoms with Crippen molar-refractivity contribution in [3.05, 3.63) is 101 Å². The van der Waals surface area contributed by atoms with Gasteiger partial charge in [-0.15, -0.1) is 0 Å². The summed E-state index contributed by atoms with van der Waals surface area (Å²) in [7, 11) is 4.18. The summed E-state index contributed by atoms with van der Waals surface area (Å²) in [5.74, 6) is 0. The monoisotopic (exact) mass is 399 g/mol. The molecule has 1 N–H and O–H groups in total. The van der Waals surface area contributed by atoms with Crippen molar-refractivity contribution in [3.8, 4) is 0 Å². The van der Waals surface area contributed by atoms with Crippen molar-refractivity contribution in [2.24, 2.45) is 0 Å². The van der Waals surface area contributed by atoms with E-state index in [4.69, 9.17) is 0 Å². The Bertz CT molecular complexity index is 936. The van der Waals surface area contributed by atoms with Crippen LogP contribution in [0.5, 0.6) is 0 Å². The summed E-state index contributed by atoms with van der Waals surface area (Å²) in [6.07, 6.45) is 2.25. The van der Waals surface area contributed by atoms with Gasteiger partial charge in [0.05, 0.1) is 0 Å². The van der Waals surface area contributed by atoms with Crippen LogP contribution in [0.1, 0.15) is 22.3 Å². The fourth-order valence-electron chi connectivity index (χ4n) is 4.39. The van der Waals surface area contributed by atoms with Crippen molar-refractivity contribution in [2.75, 3.05) is 32.1 Å². The molecule has 0 bridgehead atoms. The van der Waals surface area contributed by atoms with Crippen LogP contribution in [0.3, 0.4) is 0 Å². The summed E-state index contributed by atoms with van der Waals surface area (Å²) in [4.78, 5) is 4.82. The number of rotatable bonds is 8. The third-order valence-electron chi connectivity index (χ3n) is 6.11. The zero-order valence-corrected chi connectivity index (χ0v) is 18.2. The van der Waals surface area contributed by atoms with Crippen LogP contribution in [0.2, 0.25) is 0 Å². The molecule has 1 heterocycles. The largest absolute Gasteiger partial charge is 0.378 e. The first-order chi connectivity index (χ1) is 14.7. The number of benzene rings is 3. The molecule has 30 heavy (non-hydrogen) atoms. The quantitative estimate of drug-likeness (QED) is 0.562. The molecular formula is C27H33N3. The highest BCUT2D eigenvalue weighted by Gasteiger charge is 2.25. The van der Waals surface area contributed by atoms with Crippen LogP contribution in [0, 0.1) is 0 Å². The van der Waals surface area contributed by atoms with Gasteiger partial charge in [-0.05, 0) is 47.2 Å². The van der Waals surface area contributed by atoms with Gasteiger partial charge in [0.25, 0.3) is 0 Å². The lowest BCUT2D eigenvalue weighted by Crippen LogP contribution is -2.44. The Morgan fingerprint density at radius 2 is 1.60 bits per heavy atom. The van der Waals surface area contributed by atoms with E-state index in [2.05, 4.69) is 108 Å². The molecule has 0 amide bonds. The summed E-state index contributed by atoms with van der Waals surface area (Å²) < 4.78 is 0. The number of hydrogen-bond donors (Lipinski definition) is 1. The number of anilines is 1. The first-order valence-corrected chi connectivity index (χ1v) is 11.0. The predicted octanol–water partition coefficient (Wildman–Crippen LogP) is 4.51. The Hall–Kier alpha value is -2.62. The maximum atomic E-state index is 3.66. The zero-order valence-electron chi connectivity index (χ0n) is 18.2. The van der Waals surface area contributed by atoms with E-state index < -0.39 is 0 Å². The van der Waals surface area contributed by atoms with Crippen LogP contribution in [0.4, 0.5) is 5.69 Å². The SMILES string of the molecule is CN(C)c1cccc(CNCCN2Cc3ccccc3CC2Cc2ccccc2)c1. The first kappa shape index (κ1) is 20.6. The second kappa shape index (κ2) is 9.92. The molecule has 0 spiro atoms. The topological polar surface area (TPSA) is 18.5 Å². The minimum Gasteiger partial charge on any atom is -0.378 e. The molecule has 3 nitrogen and oxygen atoms in total. The molecule has 1 unspecified atom stereocenters. The highest BCUT2D eigenvalue weighted by atomic mass is 15.2. The predicted molar refractivity (Wildman–Crippen MR) is 127 cm³/mol. The molecule has 4 rings (SSSR count). The van der Waals surface area contributed by atoms with Gasteiger partial charge in [-0.3, -0.25) is 4.90 Å². The highest BCUT2D eigenvalue weighted by Crippen LogP contribution is 2.25. The molecule has 1 aliphatic rings. The third-order valence-corrected chi connectivity index (χ3v) is 6.11. The van der Waals surface area contributed by atoms with E-state index in [1.807, 2.05) is 0 Å². The molecule has 156 valence electrons. The van der Waals surface area contributed by atoms with E-state index >= 15 is 0 Å². The van der Waals surface area contributed by atoms with Gasteiger partial charge < -0.3 is 10.2 Å². The molecule has 3 aromatic rings. The van der Waals surface area contributed by atoms with Crippen LogP contribution >= 0.6 is 0 Å². The molecule has 0 aliphatic carbocycles. The van der Waals surface area contributed by atoms with Crippen LogP contribution in [-0.2, 0) is 25.9 Å². The molecule has 0 radical (unpaired) electrons. The summed E-state index contributed by atoms with van der Waals surface area (Å²) in [6.45, 7) is 4.03. The average Bonchev–Trinajstić information content (AvgIpc) is 2.78. The van der Waals surface area contributed by atoms with E-state index in [-0.39, 0.29) is 0 Å². The maximum absolute atomic E-state index is 3.66. The molecule has 0 fully saturated rings. The Morgan fingerprint density at radius 1 is 0.867 bits per heavy atom. The van der Waals surface area contributed by atoms with Crippen molar-refractivity contribution < 1.29 is 0 Å². The third kappa shape index (κ3) is 5.29. The maximum Gasteiger partial charge on any atom is 0.0364 e. The van der Waals surface area contributed by atoms with E-state index in [1.165, 1.54) is 27.9 Å². The standard InChI is InChI=1S/C27H33N3/c1-29(2)26-14-8-11-23(18-26)20-28-15-16-30-21-25-13-7-6-12-24(25)19-27(30)17-22-9-4-3-5-10-22/h3-14,18,27-28H,15-17,19-21H2,1-2H3. The zero-order chi connectivity index (χ0) is 20.8. The summed E-state index contributed by atoms with van der Waals surface area (Å²) >= 11 is 0. The smallest absolute Gasteiger partial charge is 0.0364 e. The number of nitrogens with one attached hydrogen (secondary N) is 1. The van der Waals surface area contributed by atoms with Gasteiger partial charge in [0.1, 0.15) is 0 Å².